The molecule has 0 bridgehead atoms. The van der Waals surface area contributed by atoms with Crippen molar-refractivity contribution in [2.24, 2.45) is 0 Å². The molecule has 19 heavy (non-hydrogen) atoms. The zero-order chi connectivity index (χ0) is 14.3. The summed E-state index contributed by atoms with van der Waals surface area (Å²) in [4.78, 5) is 23.3. The van der Waals surface area contributed by atoms with Crippen molar-refractivity contribution in [3.8, 4) is 0 Å². The van der Waals surface area contributed by atoms with E-state index >= 15 is 0 Å². The van der Waals surface area contributed by atoms with Crippen LogP contribution in [-0.4, -0.2) is 38.6 Å². The Balaban J connectivity index is 2.47. The lowest BCUT2D eigenvalue weighted by Gasteiger charge is -2.09. The molecule has 1 aromatic rings. The van der Waals surface area contributed by atoms with E-state index in [0.717, 1.165) is 5.56 Å². The van der Waals surface area contributed by atoms with Gasteiger partial charge in [0.1, 0.15) is 0 Å². The quantitative estimate of drug-likeness (QED) is 0.501. The van der Waals surface area contributed by atoms with Crippen molar-refractivity contribution in [3.05, 3.63) is 29.3 Å². The summed E-state index contributed by atoms with van der Waals surface area (Å²) in [6.07, 6.45) is 0. The minimum atomic E-state index is -0.313. The van der Waals surface area contributed by atoms with E-state index in [9.17, 15) is 9.59 Å². The summed E-state index contributed by atoms with van der Waals surface area (Å²) < 4.78 is 4.80. The lowest BCUT2D eigenvalue weighted by Crippen LogP contribution is -2.38. The van der Waals surface area contributed by atoms with Gasteiger partial charge in [0.15, 0.2) is 0 Å². The van der Waals surface area contributed by atoms with E-state index in [-0.39, 0.29) is 18.4 Å². The van der Waals surface area contributed by atoms with Gasteiger partial charge < -0.3 is 21.1 Å². The number of carbonyl (C=O) groups is 2. The smallest absolute Gasteiger partial charge is 0.252 e. The molecule has 0 saturated carbocycles. The highest BCUT2D eigenvalue weighted by molar-refractivity contribution is 5.98. The highest BCUT2D eigenvalue weighted by atomic mass is 16.5. The fraction of sp³-hybridized carbons (Fsp3) is 0.385. The molecule has 6 nitrogen and oxygen atoms in total. The molecule has 0 aliphatic rings. The van der Waals surface area contributed by atoms with Crippen molar-refractivity contribution in [2.75, 3.05) is 32.5 Å². The lowest BCUT2D eigenvalue weighted by molar-refractivity contribution is -0.120. The molecule has 0 saturated heterocycles. The van der Waals surface area contributed by atoms with Crippen molar-refractivity contribution < 1.29 is 14.3 Å². The second-order valence-electron chi connectivity index (χ2n) is 4.10. The van der Waals surface area contributed by atoms with E-state index < -0.39 is 0 Å². The van der Waals surface area contributed by atoms with Crippen molar-refractivity contribution in [1.82, 2.24) is 10.6 Å². The van der Waals surface area contributed by atoms with Crippen LogP contribution in [0.2, 0.25) is 0 Å². The van der Waals surface area contributed by atoms with Gasteiger partial charge in [0.2, 0.25) is 5.91 Å². The average molecular weight is 265 g/mol. The number of nitrogen functional groups attached to an aromatic ring is 1. The van der Waals surface area contributed by atoms with E-state index in [1.165, 1.54) is 0 Å². The molecule has 104 valence electrons. The molecule has 1 aromatic carbocycles. The predicted octanol–water partition coefficient (Wildman–Crippen LogP) is 0.0696. The molecule has 0 heterocycles. The van der Waals surface area contributed by atoms with Gasteiger partial charge in [0, 0.05) is 24.9 Å². The molecule has 0 atom stereocenters. The minimum absolute atomic E-state index is 0.0726. The summed E-state index contributed by atoms with van der Waals surface area (Å²) in [5.41, 5.74) is 7.43. The number of anilines is 1. The number of carbonyl (C=O) groups excluding carboxylic acids is 2. The first-order valence-electron chi connectivity index (χ1n) is 5.94. The fourth-order valence-electron chi connectivity index (χ4n) is 1.50. The van der Waals surface area contributed by atoms with Crippen LogP contribution in [0.3, 0.4) is 0 Å². The van der Waals surface area contributed by atoms with Crippen LogP contribution in [0.1, 0.15) is 15.9 Å². The first-order chi connectivity index (χ1) is 9.04. The first-order valence-corrected chi connectivity index (χ1v) is 5.94. The molecular formula is C13H19N3O3. The highest BCUT2D eigenvalue weighted by Gasteiger charge is 2.10. The second-order valence-corrected chi connectivity index (χ2v) is 4.10. The third kappa shape index (κ3) is 4.97. The number of rotatable bonds is 6. The standard InChI is InChI=1S/C13H19N3O3/c1-9-3-4-10(14)7-11(9)13(18)16-8-12(17)15-5-6-19-2/h3-4,7H,5-6,8,14H2,1-2H3,(H,15,17)(H,16,18). The number of amides is 2. The molecule has 6 heteroatoms. The maximum Gasteiger partial charge on any atom is 0.252 e. The van der Waals surface area contributed by atoms with Crippen LogP contribution in [0, 0.1) is 6.92 Å². The SMILES string of the molecule is COCCNC(=O)CNC(=O)c1cc(N)ccc1C. The molecule has 0 aliphatic heterocycles. The molecule has 0 aliphatic carbocycles. The minimum Gasteiger partial charge on any atom is -0.399 e. The summed E-state index contributed by atoms with van der Waals surface area (Å²) in [7, 11) is 1.55. The van der Waals surface area contributed by atoms with Gasteiger partial charge in [-0.3, -0.25) is 9.59 Å². The average Bonchev–Trinajstić information content (AvgIpc) is 2.39. The largest absolute Gasteiger partial charge is 0.399 e. The van der Waals surface area contributed by atoms with Gasteiger partial charge >= 0.3 is 0 Å². The number of nitrogens with two attached hydrogens (primary N) is 1. The van der Waals surface area contributed by atoms with Crippen molar-refractivity contribution >= 4 is 17.5 Å². The van der Waals surface area contributed by atoms with Crippen molar-refractivity contribution in [3.63, 3.8) is 0 Å². The van der Waals surface area contributed by atoms with Gasteiger partial charge in [0.25, 0.3) is 5.91 Å². The summed E-state index contributed by atoms with van der Waals surface area (Å²) >= 11 is 0. The molecule has 1 rings (SSSR count). The number of aryl methyl sites for hydroxylation is 1. The van der Waals surface area contributed by atoms with E-state index in [2.05, 4.69) is 10.6 Å². The molecule has 2 amide bonds. The third-order valence-corrected chi connectivity index (χ3v) is 2.54. The van der Waals surface area contributed by atoms with E-state index in [4.69, 9.17) is 10.5 Å². The van der Waals surface area contributed by atoms with E-state index in [1.54, 1.807) is 25.3 Å². The van der Waals surface area contributed by atoms with Gasteiger partial charge in [-0.25, -0.2) is 0 Å². The Hall–Kier alpha value is -2.08. The van der Waals surface area contributed by atoms with Crippen molar-refractivity contribution in [1.29, 1.82) is 0 Å². The Bertz CT molecular complexity index is 460. The molecule has 0 radical (unpaired) electrons. The zero-order valence-electron chi connectivity index (χ0n) is 11.2. The van der Waals surface area contributed by atoms with Gasteiger partial charge in [-0.05, 0) is 24.6 Å². The van der Waals surface area contributed by atoms with E-state index in [0.29, 0.717) is 24.4 Å². The van der Waals surface area contributed by atoms with Crippen LogP contribution in [0.5, 0.6) is 0 Å². The topological polar surface area (TPSA) is 93.5 Å². The molecule has 4 N–H and O–H groups in total. The molecule has 0 spiro atoms. The summed E-state index contributed by atoms with van der Waals surface area (Å²) in [5.74, 6) is -0.571. The van der Waals surface area contributed by atoms with Gasteiger partial charge in [-0.2, -0.15) is 0 Å². The number of nitrogens with one attached hydrogen (secondary N) is 2. The zero-order valence-corrected chi connectivity index (χ0v) is 11.2. The summed E-state index contributed by atoms with van der Waals surface area (Å²) in [6, 6.07) is 5.08. The van der Waals surface area contributed by atoms with Crippen LogP contribution >= 0.6 is 0 Å². The van der Waals surface area contributed by atoms with Crippen LogP contribution in [0.25, 0.3) is 0 Å². The van der Waals surface area contributed by atoms with Crippen LogP contribution < -0.4 is 16.4 Å². The Morgan fingerprint density at radius 2 is 2.05 bits per heavy atom. The summed E-state index contributed by atoms with van der Waals surface area (Å²) in [6.45, 7) is 2.60. The molecular weight excluding hydrogens is 246 g/mol. The Morgan fingerprint density at radius 1 is 1.32 bits per heavy atom. The highest BCUT2D eigenvalue weighted by Crippen LogP contribution is 2.12. The second kappa shape index (κ2) is 7.38. The van der Waals surface area contributed by atoms with Gasteiger partial charge in [-0.1, -0.05) is 6.07 Å². The van der Waals surface area contributed by atoms with Crippen LogP contribution in [0.15, 0.2) is 18.2 Å². The monoisotopic (exact) mass is 265 g/mol. The Kier molecular flexibility index (Phi) is 5.81. The predicted molar refractivity (Wildman–Crippen MR) is 72.8 cm³/mol. The van der Waals surface area contributed by atoms with Gasteiger partial charge in [-0.15, -0.1) is 0 Å². The number of hydrogen-bond acceptors (Lipinski definition) is 4. The summed E-state index contributed by atoms with van der Waals surface area (Å²) in [5, 5.41) is 5.16. The number of ether oxygens (including phenoxy) is 1. The third-order valence-electron chi connectivity index (χ3n) is 2.54. The number of hydrogen-bond donors (Lipinski definition) is 3. The normalized spacial score (nSPS) is 10.0. The van der Waals surface area contributed by atoms with Crippen molar-refractivity contribution in [2.45, 2.75) is 6.92 Å². The fourth-order valence-corrected chi connectivity index (χ4v) is 1.50. The number of methoxy groups -OCH3 is 1. The lowest BCUT2D eigenvalue weighted by atomic mass is 10.1. The Labute approximate surface area is 112 Å². The molecule has 0 aromatic heterocycles. The molecule has 0 unspecified atom stereocenters. The van der Waals surface area contributed by atoms with Crippen LogP contribution in [-0.2, 0) is 9.53 Å². The van der Waals surface area contributed by atoms with Gasteiger partial charge in [0.05, 0.1) is 13.2 Å². The first kappa shape index (κ1) is 15.0. The van der Waals surface area contributed by atoms with Crippen LogP contribution in [0.4, 0.5) is 5.69 Å². The maximum atomic E-state index is 11.9. The van der Waals surface area contributed by atoms with E-state index in [1.807, 2.05) is 6.92 Å². The molecule has 0 fully saturated rings. The maximum absolute atomic E-state index is 11.9. The number of benzene rings is 1. The Morgan fingerprint density at radius 3 is 2.74 bits per heavy atom.